The van der Waals surface area contributed by atoms with Crippen LogP contribution in [-0.4, -0.2) is 72.2 Å². The second-order valence-electron chi connectivity index (χ2n) is 15.6. The van der Waals surface area contributed by atoms with Gasteiger partial charge in [-0.25, -0.2) is 0 Å². The first kappa shape index (κ1) is 30.8. The number of nitrogens with one attached hydrogen (secondary N) is 8. The minimum atomic E-state index is 0. The van der Waals surface area contributed by atoms with Gasteiger partial charge in [0, 0.05) is 0 Å². The van der Waals surface area contributed by atoms with Gasteiger partial charge in [-0.3, -0.25) is 42.5 Å². The zero-order valence-electron chi connectivity index (χ0n) is 25.1. The van der Waals surface area contributed by atoms with Gasteiger partial charge in [-0.2, -0.15) is 0 Å². The van der Waals surface area contributed by atoms with Crippen LogP contribution in [0.5, 0.6) is 0 Å². The monoisotopic (exact) mass is 600 g/mol. The molecule has 0 aromatic carbocycles. The molecule has 9 nitrogen and oxygen atoms in total. The van der Waals surface area contributed by atoms with Crippen molar-refractivity contribution in [1.82, 2.24) is 42.5 Å². The van der Waals surface area contributed by atoms with Crippen LogP contribution >= 0.6 is 0 Å². The van der Waals surface area contributed by atoms with E-state index < -0.39 is 0 Å². The van der Waals surface area contributed by atoms with E-state index in [4.69, 9.17) is 0 Å². The van der Waals surface area contributed by atoms with Crippen molar-refractivity contribution in [2.75, 3.05) is 0 Å². The van der Waals surface area contributed by atoms with Crippen LogP contribution in [0, 0.1) is 47.3 Å². The molecule has 5 saturated heterocycles. The van der Waals surface area contributed by atoms with Crippen molar-refractivity contribution < 1.29 is 5.48 Å². The van der Waals surface area contributed by atoms with Crippen molar-refractivity contribution in [1.29, 1.82) is 0 Å². The molecule has 10 N–H and O–H groups in total. The fraction of sp³-hybridized carbons (Fsp3) is 1.00. The molecule has 238 valence electrons. The maximum absolute atomic E-state index is 4.26. The Morgan fingerprint density at radius 1 is 0.238 bits per heavy atom. The number of hydrogen-bond donors (Lipinski definition) is 8. The number of rotatable bonds is 0. The Kier molecular flexibility index (Phi) is 9.36. The molecule has 4 saturated carbocycles. The lowest BCUT2D eigenvalue weighted by atomic mass is 9.76. The molecule has 4 aliphatic carbocycles. The van der Waals surface area contributed by atoms with Crippen molar-refractivity contribution in [3.63, 3.8) is 0 Å². The van der Waals surface area contributed by atoms with E-state index in [1.807, 2.05) is 0 Å². The van der Waals surface area contributed by atoms with Gasteiger partial charge in [-0.1, -0.05) is 51.4 Å². The highest BCUT2D eigenvalue weighted by Crippen LogP contribution is 2.45. The van der Waals surface area contributed by atoms with Crippen LogP contribution in [0.1, 0.15) is 103 Å². The van der Waals surface area contributed by atoms with Crippen LogP contribution in [0.2, 0.25) is 0 Å². The molecule has 9 rings (SSSR count). The second-order valence-corrected chi connectivity index (χ2v) is 15.6. The van der Waals surface area contributed by atoms with Gasteiger partial charge in [-0.05, 0) is 98.7 Å². The van der Waals surface area contributed by atoms with Crippen LogP contribution in [-0.2, 0) is 0 Å². The molecule has 10 heteroatoms. The van der Waals surface area contributed by atoms with E-state index in [9.17, 15) is 0 Å². The molecular formula is C32H61AlN8O. The molecule has 8 atom stereocenters. The van der Waals surface area contributed by atoms with Crippen molar-refractivity contribution in [2.45, 2.75) is 152 Å². The summed E-state index contributed by atoms with van der Waals surface area (Å²) in [6.45, 7) is 0. The Morgan fingerprint density at radius 3 is 0.476 bits per heavy atom. The third-order valence-electron chi connectivity index (χ3n) is 13.8. The SMILES string of the molecule is C1CCC2C3NC(NC4NC(NC5NC(NC6NC(N3)C3CCCCC63)C3CCCCC53)C3CCCCC43)C2C1.O.[AlH3]. The third-order valence-corrected chi connectivity index (χ3v) is 13.8. The van der Waals surface area contributed by atoms with E-state index in [1.165, 1.54) is 103 Å². The fourth-order valence-electron chi connectivity index (χ4n) is 12.0. The highest BCUT2D eigenvalue weighted by atomic mass is 27.0. The molecule has 5 heterocycles. The van der Waals surface area contributed by atoms with Crippen LogP contribution < -0.4 is 42.5 Å². The normalized spacial score (nSPS) is 54.9. The minimum Gasteiger partial charge on any atom is -0.412 e. The van der Waals surface area contributed by atoms with Crippen LogP contribution in [0.3, 0.4) is 0 Å². The summed E-state index contributed by atoms with van der Waals surface area (Å²) in [5.74, 6) is 5.97. The summed E-state index contributed by atoms with van der Waals surface area (Å²) in [5, 5.41) is 33.8. The number of fused-ring (bicyclic) bond motifs is 20. The van der Waals surface area contributed by atoms with Gasteiger partial charge in [0.2, 0.25) is 0 Å². The zero-order chi connectivity index (χ0) is 26.2. The summed E-state index contributed by atoms with van der Waals surface area (Å²) in [6.07, 6.45) is 25.6. The molecule has 8 unspecified atom stereocenters. The largest absolute Gasteiger partial charge is 0.412 e. The zero-order valence-corrected chi connectivity index (χ0v) is 25.1. The van der Waals surface area contributed by atoms with E-state index in [0.717, 1.165) is 47.3 Å². The summed E-state index contributed by atoms with van der Waals surface area (Å²) in [7, 11) is 0. The summed E-state index contributed by atoms with van der Waals surface area (Å²) < 4.78 is 0. The van der Waals surface area contributed by atoms with Crippen LogP contribution in [0.4, 0.5) is 0 Å². The molecule has 0 aromatic rings. The lowest BCUT2D eigenvalue weighted by Crippen LogP contribution is -2.61. The Bertz CT molecular complexity index is 723. The van der Waals surface area contributed by atoms with Crippen molar-refractivity contribution in [3.05, 3.63) is 0 Å². The first-order valence-electron chi connectivity index (χ1n) is 17.9. The standard InChI is InChI=1S/C32H56N8.Al.H2O.3H/c1-2-10-18-17(9-1)25-33-26(18)38-28-21-13-5-6-14-22(21)30(35-28)40-32-24-16-8-7-15-23(24)31(36-32)39-29-20-12-4-3-11-19(20)27(34-29)37-25;;;;;/h17-40H,1-16H2;;1H2;;;. The molecule has 42 heavy (non-hydrogen) atoms. The average molecular weight is 601 g/mol. The predicted molar refractivity (Wildman–Crippen MR) is 171 cm³/mol. The average Bonchev–Trinajstić information content (AvgIpc) is 3.73. The van der Waals surface area contributed by atoms with E-state index in [2.05, 4.69) is 42.5 Å². The maximum atomic E-state index is 4.26. The maximum Gasteiger partial charge on any atom is 0.187 e. The Morgan fingerprint density at radius 2 is 0.357 bits per heavy atom. The van der Waals surface area contributed by atoms with Gasteiger partial charge in [0.05, 0.1) is 49.3 Å². The predicted octanol–water partition coefficient (Wildman–Crippen LogP) is 0.597. The van der Waals surface area contributed by atoms with E-state index >= 15 is 0 Å². The van der Waals surface area contributed by atoms with Gasteiger partial charge in [0.15, 0.2) is 17.4 Å². The summed E-state index contributed by atoms with van der Waals surface area (Å²) >= 11 is 0. The molecule has 0 spiro atoms. The smallest absolute Gasteiger partial charge is 0.187 e. The van der Waals surface area contributed by atoms with Crippen LogP contribution in [0.25, 0.3) is 0 Å². The second kappa shape index (κ2) is 12.8. The molecule has 8 bridgehead atoms. The first-order valence-corrected chi connectivity index (χ1v) is 17.9. The summed E-state index contributed by atoms with van der Waals surface area (Å²) in [4.78, 5) is 0. The molecular weight excluding hydrogens is 539 g/mol. The van der Waals surface area contributed by atoms with E-state index in [0.29, 0.717) is 49.3 Å². The molecule has 0 radical (unpaired) electrons. The van der Waals surface area contributed by atoms with E-state index in [-0.39, 0.29) is 22.8 Å². The van der Waals surface area contributed by atoms with E-state index in [1.54, 1.807) is 0 Å². The van der Waals surface area contributed by atoms with Crippen molar-refractivity contribution >= 4 is 17.4 Å². The topological polar surface area (TPSA) is 128 Å². The Labute approximate surface area is 264 Å². The van der Waals surface area contributed by atoms with Gasteiger partial charge in [-0.15, -0.1) is 0 Å². The quantitative estimate of drug-likeness (QED) is 0.190. The summed E-state index contributed by atoms with van der Waals surface area (Å²) in [6, 6.07) is 0. The minimum absolute atomic E-state index is 0. The van der Waals surface area contributed by atoms with Crippen LogP contribution in [0.15, 0.2) is 0 Å². The lowest BCUT2D eigenvalue weighted by molar-refractivity contribution is 0.167. The highest BCUT2D eigenvalue weighted by molar-refractivity contribution is 5.75. The summed E-state index contributed by atoms with van der Waals surface area (Å²) in [5.41, 5.74) is 0. The van der Waals surface area contributed by atoms with Gasteiger partial charge >= 0.3 is 0 Å². The Hall–Kier alpha value is 0.172. The lowest BCUT2D eigenvalue weighted by Gasteiger charge is -2.35. The van der Waals surface area contributed by atoms with Crippen molar-refractivity contribution in [2.24, 2.45) is 47.3 Å². The van der Waals surface area contributed by atoms with Gasteiger partial charge < -0.3 is 5.48 Å². The first-order chi connectivity index (χ1) is 19.8. The molecule has 9 fully saturated rings. The number of hydrogen-bond acceptors (Lipinski definition) is 8. The molecule has 0 amide bonds. The van der Waals surface area contributed by atoms with Gasteiger partial charge in [0.1, 0.15) is 0 Å². The highest BCUT2D eigenvalue weighted by Gasteiger charge is 2.54. The fourth-order valence-corrected chi connectivity index (χ4v) is 12.0. The molecule has 0 aromatic heterocycles. The Balaban J connectivity index is 0.00000144. The molecule has 5 aliphatic heterocycles. The molecule has 9 aliphatic rings. The third kappa shape index (κ3) is 5.27. The van der Waals surface area contributed by atoms with Crippen molar-refractivity contribution in [3.8, 4) is 0 Å². The van der Waals surface area contributed by atoms with Gasteiger partial charge in [0.25, 0.3) is 0 Å².